The summed E-state index contributed by atoms with van der Waals surface area (Å²) in [6.07, 6.45) is 4.00. The predicted molar refractivity (Wildman–Crippen MR) is 184 cm³/mol. The molecular weight excluding hydrogens is 643 g/mol. The van der Waals surface area contributed by atoms with Gasteiger partial charge in [-0.15, -0.1) is 11.3 Å². The largest absolute Gasteiger partial charge is 0.350 e. The lowest BCUT2D eigenvalue weighted by Gasteiger charge is -2.31. The second-order valence-electron chi connectivity index (χ2n) is 13.1. The van der Waals surface area contributed by atoms with Gasteiger partial charge in [-0.2, -0.15) is 5.10 Å². The number of rotatable bonds is 6. The van der Waals surface area contributed by atoms with Crippen molar-refractivity contribution in [3.05, 3.63) is 93.7 Å². The average Bonchev–Trinajstić information content (AvgIpc) is 3.70. The first-order valence-corrected chi connectivity index (χ1v) is 17.3. The van der Waals surface area contributed by atoms with Crippen molar-refractivity contribution in [1.82, 2.24) is 45.6 Å². The highest BCUT2D eigenvalue weighted by Crippen LogP contribution is 2.26. The minimum atomic E-state index is -0.632. The van der Waals surface area contributed by atoms with Crippen molar-refractivity contribution >= 4 is 35.0 Å². The number of carbonyl (C=O) groups is 4. The zero-order valence-electron chi connectivity index (χ0n) is 28.4. The fourth-order valence-corrected chi connectivity index (χ4v) is 6.60. The van der Waals surface area contributed by atoms with Crippen LogP contribution in [0.15, 0.2) is 60.2 Å². The zero-order valence-corrected chi connectivity index (χ0v) is 29.2. The lowest BCUT2D eigenvalue weighted by Crippen LogP contribution is -2.51. The van der Waals surface area contributed by atoms with Gasteiger partial charge < -0.3 is 20.9 Å². The number of aryl methyl sites for hydroxylation is 1. The average molecular weight is 686 g/mol. The van der Waals surface area contributed by atoms with Crippen LogP contribution in [0.25, 0.3) is 0 Å². The maximum absolute atomic E-state index is 13.8. The fourth-order valence-electron chi connectivity index (χ4n) is 5.73. The normalized spacial score (nSPS) is 19.4. The summed E-state index contributed by atoms with van der Waals surface area (Å²) >= 11 is 1.29. The molecule has 3 aromatic heterocycles. The molecule has 4 heterocycles. The minimum Gasteiger partial charge on any atom is -0.350 e. The van der Waals surface area contributed by atoms with Crippen LogP contribution in [0.3, 0.4) is 0 Å². The molecule has 0 fully saturated rings. The van der Waals surface area contributed by atoms with Crippen molar-refractivity contribution < 1.29 is 19.2 Å². The first-order chi connectivity index (χ1) is 23.5. The molecule has 4 amide bonds. The summed E-state index contributed by atoms with van der Waals surface area (Å²) in [5.41, 5.74) is 1.49. The highest BCUT2D eigenvalue weighted by atomic mass is 32.1. The van der Waals surface area contributed by atoms with Crippen molar-refractivity contribution in [1.29, 1.82) is 0 Å². The van der Waals surface area contributed by atoms with Crippen LogP contribution in [0, 0.1) is 18.8 Å². The summed E-state index contributed by atoms with van der Waals surface area (Å²) in [4.78, 5) is 69.7. The number of carbonyl (C=O) groups excluding carboxylic acids is 4. The van der Waals surface area contributed by atoms with Gasteiger partial charge in [-0.25, -0.2) is 14.6 Å². The Kier molecular flexibility index (Phi) is 11.5. The molecule has 5 rings (SSSR count). The van der Waals surface area contributed by atoms with Gasteiger partial charge in [0.25, 0.3) is 11.8 Å². The van der Waals surface area contributed by atoms with E-state index < -0.39 is 24.0 Å². The van der Waals surface area contributed by atoms with E-state index in [0.717, 1.165) is 5.56 Å². The molecule has 258 valence electrons. The lowest BCUT2D eigenvalue weighted by molar-refractivity contribution is -0.123. The Morgan fingerprint density at radius 2 is 1.69 bits per heavy atom. The first kappa shape index (κ1) is 35.3. The number of nitrogens with one attached hydrogen (secondary N) is 3. The summed E-state index contributed by atoms with van der Waals surface area (Å²) in [5, 5.41) is 16.0. The topological polar surface area (TPSA) is 164 Å². The highest BCUT2D eigenvalue weighted by molar-refractivity contribution is 7.09. The van der Waals surface area contributed by atoms with Gasteiger partial charge in [-0.1, -0.05) is 58.0 Å². The second-order valence-corrected chi connectivity index (χ2v) is 13.9. The Labute approximate surface area is 289 Å². The van der Waals surface area contributed by atoms with E-state index in [1.165, 1.54) is 27.1 Å². The Morgan fingerprint density at radius 1 is 0.939 bits per heavy atom. The van der Waals surface area contributed by atoms with Crippen LogP contribution in [0.5, 0.6) is 0 Å². The Morgan fingerprint density at radius 3 is 2.39 bits per heavy atom. The van der Waals surface area contributed by atoms with Crippen LogP contribution in [-0.4, -0.2) is 72.4 Å². The summed E-state index contributed by atoms with van der Waals surface area (Å²) in [5.74, 6) is -0.547. The van der Waals surface area contributed by atoms with Gasteiger partial charge in [0.15, 0.2) is 5.82 Å². The molecule has 0 unspecified atom stereocenters. The molecule has 0 saturated heterocycles. The first-order valence-electron chi connectivity index (χ1n) is 16.5. The molecule has 1 aromatic carbocycles. The smallest absolute Gasteiger partial charge is 0.271 e. The third-order valence-corrected chi connectivity index (χ3v) is 9.15. The number of hydrogen-bond acceptors (Lipinski definition) is 9. The van der Waals surface area contributed by atoms with E-state index in [-0.39, 0.29) is 54.9 Å². The Balaban J connectivity index is 1.56. The lowest BCUT2D eigenvalue weighted by atomic mass is 10.0. The molecule has 0 radical (unpaired) electrons. The molecule has 4 aromatic rings. The van der Waals surface area contributed by atoms with Gasteiger partial charge in [0.1, 0.15) is 23.1 Å². The minimum absolute atomic E-state index is 0.0801. The number of thiazole rings is 1. The van der Waals surface area contributed by atoms with Gasteiger partial charge in [0.2, 0.25) is 11.8 Å². The van der Waals surface area contributed by atoms with Crippen molar-refractivity contribution in [2.24, 2.45) is 11.8 Å². The molecule has 0 aliphatic carbocycles. The molecule has 1 aliphatic rings. The molecule has 49 heavy (non-hydrogen) atoms. The van der Waals surface area contributed by atoms with Gasteiger partial charge >= 0.3 is 0 Å². The molecule has 3 atom stereocenters. The predicted octanol–water partition coefficient (Wildman–Crippen LogP) is 3.65. The molecule has 2 bridgehead atoms. The molecule has 0 saturated carbocycles. The van der Waals surface area contributed by atoms with E-state index in [4.69, 9.17) is 0 Å². The molecule has 1 aliphatic heterocycles. The Hall–Kier alpha value is -4.98. The van der Waals surface area contributed by atoms with Crippen molar-refractivity contribution in [2.45, 2.75) is 72.1 Å². The summed E-state index contributed by atoms with van der Waals surface area (Å²) in [6, 6.07) is 11.4. The monoisotopic (exact) mass is 685 g/mol. The summed E-state index contributed by atoms with van der Waals surface area (Å²) in [7, 11) is 0. The van der Waals surface area contributed by atoms with Gasteiger partial charge in [0.05, 0.1) is 24.2 Å². The number of amides is 4. The van der Waals surface area contributed by atoms with Crippen LogP contribution in [0.2, 0.25) is 0 Å². The van der Waals surface area contributed by atoms with E-state index in [2.05, 4.69) is 36.0 Å². The third kappa shape index (κ3) is 9.34. The van der Waals surface area contributed by atoms with E-state index >= 15 is 0 Å². The van der Waals surface area contributed by atoms with Crippen LogP contribution in [-0.2, 0) is 22.6 Å². The highest BCUT2D eigenvalue weighted by Gasteiger charge is 2.30. The summed E-state index contributed by atoms with van der Waals surface area (Å²) < 4.78 is 1.51. The summed E-state index contributed by atoms with van der Waals surface area (Å²) in [6.45, 7) is 9.36. The SMILES string of the molecule is Cc1nc2n(n1)CC(=O)N[C@@H](C(C)C)CN(C(=O)c1cccnc1)CC(=O)N[C@@H](CC(C)C)c1nc(cs1)C(=O)N[C@H]2Cc1ccccc1. The number of hydrogen-bond donors (Lipinski definition) is 3. The van der Waals surface area contributed by atoms with Crippen molar-refractivity contribution in [3.63, 3.8) is 0 Å². The number of benzene rings is 1. The molecule has 14 heteroatoms. The standard InChI is InChI=1S/C35H43N9O4S/c1-21(2)14-27-34-41-29(20-49-34)33(47)40-26(15-24-10-7-6-8-11-24)32-37-23(5)42-44(32)19-31(46)39-28(22(3)4)17-43(18-30(45)38-27)35(48)25-12-9-13-36-16-25/h6-13,16,20-22,26-28H,14-15,17-19H2,1-5H3,(H,38,45)(H,39,46)(H,40,47)/t26-,27-,28+/m0/s1. The number of aromatic nitrogens is 5. The van der Waals surface area contributed by atoms with Crippen molar-refractivity contribution in [2.75, 3.05) is 13.1 Å². The van der Waals surface area contributed by atoms with Crippen LogP contribution < -0.4 is 16.0 Å². The fraction of sp³-hybridized carbons (Fsp3) is 0.429. The van der Waals surface area contributed by atoms with Crippen LogP contribution in [0.4, 0.5) is 0 Å². The zero-order chi connectivity index (χ0) is 35.1. The Bertz CT molecular complexity index is 1760. The number of fused-ring (bicyclic) bond motifs is 3. The maximum atomic E-state index is 13.8. The quantitative estimate of drug-likeness (QED) is 0.277. The van der Waals surface area contributed by atoms with Crippen LogP contribution in [0.1, 0.15) is 89.3 Å². The van der Waals surface area contributed by atoms with E-state index in [1.54, 1.807) is 30.6 Å². The van der Waals surface area contributed by atoms with E-state index in [9.17, 15) is 19.2 Å². The maximum Gasteiger partial charge on any atom is 0.271 e. The molecule has 0 spiro atoms. The number of pyridine rings is 1. The van der Waals surface area contributed by atoms with Gasteiger partial charge in [0, 0.05) is 30.4 Å². The molecule has 13 nitrogen and oxygen atoms in total. The van der Waals surface area contributed by atoms with E-state index in [1.807, 2.05) is 58.0 Å². The molecule has 3 N–H and O–H groups in total. The van der Waals surface area contributed by atoms with Gasteiger partial charge in [-0.05, 0) is 49.3 Å². The van der Waals surface area contributed by atoms with Crippen molar-refractivity contribution in [3.8, 4) is 0 Å². The molecular formula is C35H43N9O4S. The second kappa shape index (κ2) is 15.9. The van der Waals surface area contributed by atoms with Gasteiger partial charge in [-0.3, -0.25) is 24.2 Å². The third-order valence-electron chi connectivity index (χ3n) is 8.19. The van der Waals surface area contributed by atoms with E-state index in [0.29, 0.717) is 35.1 Å². The van der Waals surface area contributed by atoms with Crippen LogP contribution >= 0.6 is 11.3 Å². The number of nitrogens with zero attached hydrogens (tertiary/aromatic N) is 6.